The van der Waals surface area contributed by atoms with Crippen molar-refractivity contribution in [1.29, 1.82) is 0 Å². The lowest BCUT2D eigenvalue weighted by atomic mass is 9.99. The Labute approximate surface area is 205 Å². The number of carbonyl (C=O) groups excluding carboxylic acids is 5. The van der Waals surface area contributed by atoms with Gasteiger partial charge in [-0.05, 0) is 51.9 Å². The predicted octanol–water partition coefficient (Wildman–Crippen LogP) is -0.627. The van der Waals surface area contributed by atoms with Gasteiger partial charge in [0, 0.05) is 25.7 Å². The summed E-state index contributed by atoms with van der Waals surface area (Å²) in [5, 5.41) is 2.78. The van der Waals surface area contributed by atoms with E-state index in [1.165, 1.54) is 9.80 Å². The van der Waals surface area contributed by atoms with Crippen LogP contribution >= 0.6 is 0 Å². The molecule has 0 aliphatic carbocycles. The van der Waals surface area contributed by atoms with E-state index in [9.17, 15) is 24.0 Å². The molecule has 4 saturated heterocycles. The first-order chi connectivity index (χ1) is 16.6. The van der Waals surface area contributed by atoms with Crippen molar-refractivity contribution < 1.29 is 28.7 Å². The molecule has 4 aliphatic rings. The average Bonchev–Trinajstić information content (AvgIpc) is 3.40. The normalized spacial score (nSPS) is 37.5. The van der Waals surface area contributed by atoms with Gasteiger partial charge in [0.2, 0.25) is 23.6 Å². The highest BCUT2D eigenvalue weighted by Crippen LogP contribution is 2.28. The molecular formula is C24H37N5O6. The van der Waals surface area contributed by atoms with E-state index >= 15 is 0 Å². The van der Waals surface area contributed by atoms with Gasteiger partial charge < -0.3 is 30.5 Å². The molecule has 0 aromatic heterocycles. The second-order valence-corrected chi connectivity index (χ2v) is 10.6. The van der Waals surface area contributed by atoms with Crippen LogP contribution in [-0.4, -0.2) is 100 Å². The SMILES string of the molecule is CC1CC2C(=O)OC(C)CC(=O)N3CC(N)CC3C(=O)N3CCCCC3C(=O)NC(C)C(=O)N2C1. The summed E-state index contributed by atoms with van der Waals surface area (Å²) in [6.45, 7) is 6.22. The molecule has 3 N–H and O–H groups in total. The highest BCUT2D eigenvalue weighted by atomic mass is 16.5. The Kier molecular flexibility index (Phi) is 7.35. The molecule has 4 fully saturated rings. The summed E-state index contributed by atoms with van der Waals surface area (Å²) in [6.07, 6.45) is 2.00. The summed E-state index contributed by atoms with van der Waals surface area (Å²) in [5.74, 6) is -1.83. The third-order valence-electron chi connectivity index (χ3n) is 7.60. The van der Waals surface area contributed by atoms with E-state index in [-0.39, 0.29) is 42.6 Å². The Morgan fingerprint density at radius 3 is 2.34 bits per heavy atom. The summed E-state index contributed by atoms with van der Waals surface area (Å²) in [7, 11) is 0. The van der Waals surface area contributed by atoms with Crippen molar-refractivity contribution in [1.82, 2.24) is 20.0 Å². The minimum absolute atomic E-state index is 0.0845. The Morgan fingerprint density at radius 2 is 1.60 bits per heavy atom. The molecule has 0 spiro atoms. The van der Waals surface area contributed by atoms with E-state index in [1.54, 1.807) is 18.7 Å². The zero-order valence-electron chi connectivity index (χ0n) is 20.8. The van der Waals surface area contributed by atoms with Crippen LogP contribution in [0.2, 0.25) is 0 Å². The largest absolute Gasteiger partial charge is 0.461 e. The van der Waals surface area contributed by atoms with Crippen LogP contribution in [0, 0.1) is 5.92 Å². The monoisotopic (exact) mass is 491 g/mol. The number of cyclic esters (lactones) is 1. The number of rotatable bonds is 0. The van der Waals surface area contributed by atoms with Gasteiger partial charge in [0.25, 0.3) is 0 Å². The molecule has 0 bridgehead atoms. The minimum Gasteiger partial charge on any atom is -0.461 e. The number of piperidine rings is 1. The first-order valence-electron chi connectivity index (χ1n) is 12.7. The summed E-state index contributed by atoms with van der Waals surface area (Å²) in [6, 6.07) is -3.44. The van der Waals surface area contributed by atoms with E-state index in [4.69, 9.17) is 10.5 Å². The highest BCUT2D eigenvalue weighted by Gasteiger charge is 2.45. The number of nitrogens with one attached hydrogen (secondary N) is 1. The lowest BCUT2D eigenvalue weighted by Crippen LogP contribution is -2.59. The number of fused-ring (bicyclic) bond motifs is 3. The smallest absolute Gasteiger partial charge is 0.329 e. The van der Waals surface area contributed by atoms with Gasteiger partial charge in [-0.15, -0.1) is 0 Å². The van der Waals surface area contributed by atoms with Crippen molar-refractivity contribution in [2.45, 2.75) is 95.6 Å². The summed E-state index contributed by atoms with van der Waals surface area (Å²) >= 11 is 0. The number of amides is 4. The summed E-state index contributed by atoms with van der Waals surface area (Å²) in [4.78, 5) is 70.7. The van der Waals surface area contributed by atoms with Crippen molar-refractivity contribution in [2.24, 2.45) is 11.7 Å². The topological polar surface area (TPSA) is 142 Å². The number of hydrogen-bond acceptors (Lipinski definition) is 7. The molecule has 4 rings (SSSR count). The number of ether oxygens (including phenoxy) is 1. The highest BCUT2D eigenvalue weighted by molar-refractivity contribution is 5.95. The number of nitrogens with two attached hydrogens (primary N) is 1. The number of carbonyl (C=O) groups is 5. The van der Waals surface area contributed by atoms with Gasteiger partial charge >= 0.3 is 5.97 Å². The molecule has 7 atom stereocenters. The van der Waals surface area contributed by atoms with E-state index in [2.05, 4.69) is 5.32 Å². The second kappa shape index (κ2) is 10.1. The fourth-order valence-electron chi connectivity index (χ4n) is 5.85. The zero-order valence-corrected chi connectivity index (χ0v) is 20.8. The maximum Gasteiger partial charge on any atom is 0.329 e. The van der Waals surface area contributed by atoms with Gasteiger partial charge in [0.05, 0.1) is 6.42 Å². The summed E-state index contributed by atoms with van der Waals surface area (Å²) < 4.78 is 5.58. The Hall–Kier alpha value is -2.69. The number of nitrogens with zero attached hydrogens (tertiary/aromatic N) is 3. The molecule has 0 saturated carbocycles. The quantitative estimate of drug-likeness (QED) is 0.430. The van der Waals surface area contributed by atoms with Crippen molar-refractivity contribution in [3.8, 4) is 0 Å². The molecule has 11 nitrogen and oxygen atoms in total. The molecule has 11 heteroatoms. The standard InChI is InChI=1S/C24H37N5O6/c1-13-8-19-24(34)35-14(2)9-20(30)28-12-16(25)10-18(28)23(33)27-7-5-4-6-17(27)21(31)26-15(3)22(32)29(19)11-13/h13-19H,4-12,25H2,1-3H3,(H,26,31). The van der Waals surface area contributed by atoms with Crippen molar-refractivity contribution in [3.05, 3.63) is 0 Å². The van der Waals surface area contributed by atoms with Crippen molar-refractivity contribution >= 4 is 29.6 Å². The molecule has 4 amide bonds. The fourth-order valence-corrected chi connectivity index (χ4v) is 5.85. The predicted molar refractivity (Wildman–Crippen MR) is 125 cm³/mol. The van der Waals surface area contributed by atoms with Crippen LogP contribution in [0.15, 0.2) is 0 Å². The van der Waals surface area contributed by atoms with Gasteiger partial charge in [-0.25, -0.2) is 4.79 Å². The molecule has 0 aromatic rings. The molecule has 4 aliphatic heterocycles. The molecule has 4 heterocycles. The van der Waals surface area contributed by atoms with Gasteiger partial charge in [0.15, 0.2) is 0 Å². The van der Waals surface area contributed by atoms with E-state index in [1.807, 2.05) is 6.92 Å². The third kappa shape index (κ3) is 5.14. The van der Waals surface area contributed by atoms with Crippen molar-refractivity contribution in [3.63, 3.8) is 0 Å². The summed E-state index contributed by atoms with van der Waals surface area (Å²) in [5.41, 5.74) is 6.14. The van der Waals surface area contributed by atoms with Crippen LogP contribution in [0.25, 0.3) is 0 Å². The van der Waals surface area contributed by atoms with Crippen LogP contribution in [0.5, 0.6) is 0 Å². The first-order valence-corrected chi connectivity index (χ1v) is 12.7. The van der Waals surface area contributed by atoms with Crippen molar-refractivity contribution in [2.75, 3.05) is 19.6 Å². The third-order valence-corrected chi connectivity index (χ3v) is 7.60. The maximum absolute atomic E-state index is 13.6. The first kappa shape index (κ1) is 25.4. The Balaban J connectivity index is 1.65. The van der Waals surface area contributed by atoms with E-state index in [0.29, 0.717) is 32.4 Å². The van der Waals surface area contributed by atoms with Gasteiger partial charge in [-0.3, -0.25) is 19.2 Å². The fraction of sp³-hybridized carbons (Fsp3) is 0.792. The minimum atomic E-state index is -0.856. The van der Waals surface area contributed by atoms with Gasteiger partial charge in [0.1, 0.15) is 30.3 Å². The van der Waals surface area contributed by atoms with Crippen LogP contribution in [0.1, 0.15) is 59.3 Å². The van der Waals surface area contributed by atoms with Gasteiger partial charge in [-0.1, -0.05) is 6.92 Å². The van der Waals surface area contributed by atoms with Crippen LogP contribution in [0.3, 0.4) is 0 Å². The van der Waals surface area contributed by atoms with E-state index in [0.717, 1.165) is 12.8 Å². The van der Waals surface area contributed by atoms with Crippen LogP contribution < -0.4 is 11.1 Å². The number of hydrogen-bond donors (Lipinski definition) is 2. The van der Waals surface area contributed by atoms with Crippen LogP contribution in [0.4, 0.5) is 0 Å². The van der Waals surface area contributed by atoms with Gasteiger partial charge in [-0.2, -0.15) is 0 Å². The number of esters is 1. The lowest BCUT2D eigenvalue weighted by Gasteiger charge is -2.38. The molecule has 7 unspecified atom stereocenters. The maximum atomic E-state index is 13.6. The lowest BCUT2D eigenvalue weighted by molar-refractivity contribution is -0.160. The Bertz CT molecular complexity index is 896. The molecule has 0 aromatic carbocycles. The van der Waals surface area contributed by atoms with Crippen LogP contribution in [-0.2, 0) is 28.7 Å². The second-order valence-electron chi connectivity index (χ2n) is 10.6. The van der Waals surface area contributed by atoms with E-state index < -0.39 is 42.1 Å². The zero-order chi connectivity index (χ0) is 25.4. The Morgan fingerprint density at radius 1 is 0.857 bits per heavy atom. The molecular weight excluding hydrogens is 454 g/mol. The molecule has 194 valence electrons. The average molecular weight is 492 g/mol. The molecule has 0 radical (unpaired) electrons. The molecule has 35 heavy (non-hydrogen) atoms.